The molecule has 1 aliphatic heterocycles. The molecule has 2 N–H and O–H groups in total. The average Bonchev–Trinajstić information content (AvgIpc) is 2.75. The maximum atomic E-state index is 11.6. The van der Waals surface area contributed by atoms with Crippen molar-refractivity contribution < 1.29 is 9.53 Å². The molecule has 1 amide bonds. The van der Waals surface area contributed by atoms with Crippen molar-refractivity contribution >= 4 is 11.9 Å². The molecule has 2 rings (SSSR count). The molecule has 0 spiro atoms. The molecule has 0 aliphatic carbocycles. The van der Waals surface area contributed by atoms with Crippen LogP contribution >= 0.6 is 0 Å². The summed E-state index contributed by atoms with van der Waals surface area (Å²) in [4.78, 5) is 15.5. The van der Waals surface area contributed by atoms with Gasteiger partial charge in [0.25, 0.3) is 0 Å². The molecule has 0 aromatic carbocycles. The summed E-state index contributed by atoms with van der Waals surface area (Å²) >= 11 is 0. The molecule has 14 heavy (non-hydrogen) atoms. The van der Waals surface area contributed by atoms with Crippen LogP contribution < -0.4 is 5.32 Å². The summed E-state index contributed by atoms with van der Waals surface area (Å²) in [7, 11) is 0. The van der Waals surface area contributed by atoms with E-state index in [4.69, 9.17) is 4.74 Å². The zero-order chi connectivity index (χ0) is 9.97. The number of anilines is 1. The number of rotatable bonds is 2. The van der Waals surface area contributed by atoms with Gasteiger partial charge in [0.1, 0.15) is 6.33 Å². The number of ether oxygens (including phenoxy) is 1. The Balaban J connectivity index is 1.95. The van der Waals surface area contributed by atoms with E-state index in [0.29, 0.717) is 12.6 Å². The third kappa shape index (κ3) is 1.74. The van der Waals surface area contributed by atoms with Gasteiger partial charge < -0.3 is 4.74 Å². The molecular formula is C8H12N4O2. The number of carbonyl (C=O) groups is 1. The van der Waals surface area contributed by atoms with Crippen LogP contribution in [0.2, 0.25) is 0 Å². The Morgan fingerprint density at radius 2 is 2.64 bits per heavy atom. The highest BCUT2D eigenvalue weighted by Crippen LogP contribution is 2.21. The Hall–Kier alpha value is -1.43. The van der Waals surface area contributed by atoms with Crippen molar-refractivity contribution in [3.8, 4) is 0 Å². The van der Waals surface area contributed by atoms with Gasteiger partial charge in [0.2, 0.25) is 11.9 Å². The molecule has 1 aromatic heterocycles. The van der Waals surface area contributed by atoms with Crippen LogP contribution in [0.5, 0.6) is 0 Å². The number of carbonyl (C=O) groups excluding carboxylic acids is 1. The topological polar surface area (TPSA) is 79.9 Å². The molecule has 1 aromatic rings. The van der Waals surface area contributed by atoms with E-state index in [0.717, 1.165) is 6.42 Å². The van der Waals surface area contributed by atoms with Crippen LogP contribution in [-0.4, -0.2) is 33.8 Å². The minimum Gasteiger partial charge on any atom is -0.378 e. The van der Waals surface area contributed by atoms with Crippen molar-refractivity contribution in [2.75, 3.05) is 11.9 Å². The molecule has 6 nitrogen and oxygen atoms in total. The summed E-state index contributed by atoms with van der Waals surface area (Å²) in [6.07, 6.45) is 2.10. The van der Waals surface area contributed by atoms with Gasteiger partial charge in [-0.2, -0.15) is 10.1 Å². The minimum absolute atomic E-state index is 0.0158. The van der Waals surface area contributed by atoms with Crippen molar-refractivity contribution in [3.05, 3.63) is 6.33 Å². The second kappa shape index (κ2) is 3.75. The fourth-order valence-electron chi connectivity index (χ4n) is 1.55. The smallest absolute Gasteiger partial charge is 0.232 e. The lowest BCUT2D eigenvalue weighted by Gasteiger charge is -2.11. The largest absolute Gasteiger partial charge is 0.378 e. The second-order valence-corrected chi connectivity index (χ2v) is 3.29. The molecule has 0 bridgehead atoms. The summed E-state index contributed by atoms with van der Waals surface area (Å²) in [6.45, 7) is 2.55. The van der Waals surface area contributed by atoms with E-state index in [1.54, 1.807) is 0 Å². The number of amides is 1. The summed E-state index contributed by atoms with van der Waals surface area (Å²) < 4.78 is 5.30. The molecule has 1 aliphatic rings. The maximum Gasteiger partial charge on any atom is 0.232 e. The van der Waals surface area contributed by atoms with Crippen LogP contribution in [0.3, 0.4) is 0 Å². The Morgan fingerprint density at radius 1 is 1.79 bits per heavy atom. The van der Waals surface area contributed by atoms with Crippen molar-refractivity contribution in [1.29, 1.82) is 0 Å². The predicted octanol–water partition coefficient (Wildman–Crippen LogP) is 0.168. The standard InChI is InChI=1S/C8H12N4O2/c1-5-6(2-3-14-5)7(13)11-8-9-4-10-12-8/h4-6H,2-3H2,1H3,(H2,9,10,11,12,13). The Kier molecular flexibility index (Phi) is 2.45. The number of hydrogen-bond donors (Lipinski definition) is 2. The third-order valence-electron chi connectivity index (χ3n) is 2.37. The van der Waals surface area contributed by atoms with Gasteiger partial charge in [0.15, 0.2) is 0 Å². The normalized spacial score (nSPS) is 26.4. The van der Waals surface area contributed by atoms with Gasteiger partial charge in [-0.3, -0.25) is 10.1 Å². The zero-order valence-corrected chi connectivity index (χ0v) is 7.86. The highest BCUT2D eigenvalue weighted by atomic mass is 16.5. The molecule has 0 radical (unpaired) electrons. The number of aromatic amines is 1. The first-order valence-electron chi connectivity index (χ1n) is 4.55. The SMILES string of the molecule is CC1OCCC1C(=O)Nc1ncn[nH]1. The summed E-state index contributed by atoms with van der Waals surface area (Å²) in [5.74, 6) is 0.237. The molecular weight excluding hydrogens is 184 g/mol. The van der Waals surface area contributed by atoms with E-state index in [9.17, 15) is 4.79 Å². The van der Waals surface area contributed by atoms with Crippen LogP contribution in [0.15, 0.2) is 6.33 Å². The first-order valence-corrected chi connectivity index (χ1v) is 4.55. The Labute approximate surface area is 81.1 Å². The fraction of sp³-hybridized carbons (Fsp3) is 0.625. The van der Waals surface area contributed by atoms with Gasteiger partial charge in [0, 0.05) is 6.61 Å². The summed E-state index contributed by atoms with van der Waals surface area (Å²) in [5.41, 5.74) is 0. The van der Waals surface area contributed by atoms with Gasteiger partial charge in [-0.15, -0.1) is 0 Å². The van der Waals surface area contributed by atoms with Crippen molar-refractivity contribution in [3.63, 3.8) is 0 Å². The number of H-pyrrole nitrogens is 1. The highest BCUT2D eigenvalue weighted by Gasteiger charge is 2.30. The van der Waals surface area contributed by atoms with Gasteiger partial charge in [-0.1, -0.05) is 0 Å². The number of nitrogens with one attached hydrogen (secondary N) is 2. The number of aromatic nitrogens is 3. The fourth-order valence-corrected chi connectivity index (χ4v) is 1.55. The Bertz CT molecular complexity index is 311. The lowest BCUT2D eigenvalue weighted by molar-refractivity contribution is -0.121. The number of nitrogens with zero attached hydrogens (tertiary/aromatic N) is 2. The van der Waals surface area contributed by atoms with Crippen LogP contribution in [0, 0.1) is 5.92 Å². The van der Waals surface area contributed by atoms with E-state index < -0.39 is 0 Å². The first kappa shape index (κ1) is 9.14. The molecule has 0 saturated carbocycles. The van der Waals surface area contributed by atoms with E-state index in [1.807, 2.05) is 6.92 Å². The molecule has 6 heteroatoms. The van der Waals surface area contributed by atoms with Gasteiger partial charge >= 0.3 is 0 Å². The summed E-state index contributed by atoms with van der Waals surface area (Å²) in [6, 6.07) is 0. The van der Waals surface area contributed by atoms with Gasteiger partial charge in [-0.25, -0.2) is 5.10 Å². The second-order valence-electron chi connectivity index (χ2n) is 3.29. The van der Waals surface area contributed by atoms with Crippen LogP contribution in [0.1, 0.15) is 13.3 Å². The number of hydrogen-bond acceptors (Lipinski definition) is 4. The Morgan fingerprint density at radius 3 is 3.21 bits per heavy atom. The molecule has 2 atom stereocenters. The molecule has 2 unspecified atom stereocenters. The molecule has 1 saturated heterocycles. The third-order valence-corrected chi connectivity index (χ3v) is 2.37. The van der Waals surface area contributed by atoms with E-state index in [-0.39, 0.29) is 17.9 Å². The van der Waals surface area contributed by atoms with E-state index in [1.165, 1.54) is 6.33 Å². The molecule has 76 valence electrons. The lowest BCUT2D eigenvalue weighted by Crippen LogP contribution is -2.28. The lowest BCUT2D eigenvalue weighted by atomic mass is 10.0. The van der Waals surface area contributed by atoms with Crippen LogP contribution in [-0.2, 0) is 9.53 Å². The van der Waals surface area contributed by atoms with Crippen LogP contribution in [0.25, 0.3) is 0 Å². The zero-order valence-electron chi connectivity index (χ0n) is 7.86. The average molecular weight is 196 g/mol. The molecule has 2 heterocycles. The first-order chi connectivity index (χ1) is 6.77. The molecule has 1 fully saturated rings. The van der Waals surface area contributed by atoms with Gasteiger partial charge in [-0.05, 0) is 13.3 Å². The van der Waals surface area contributed by atoms with Crippen molar-refractivity contribution in [2.24, 2.45) is 5.92 Å². The van der Waals surface area contributed by atoms with E-state index >= 15 is 0 Å². The van der Waals surface area contributed by atoms with Crippen molar-refractivity contribution in [2.45, 2.75) is 19.4 Å². The predicted molar refractivity (Wildman–Crippen MR) is 48.5 cm³/mol. The maximum absolute atomic E-state index is 11.6. The van der Waals surface area contributed by atoms with Gasteiger partial charge in [0.05, 0.1) is 12.0 Å². The highest BCUT2D eigenvalue weighted by molar-refractivity contribution is 5.91. The van der Waals surface area contributed by atoms with Crippen LogP contribution in [0.4, 0.5) is 5.95 Å². The quantitative estimate of drug-likeness (QED) is 0.706. The van der Waals surface area contributed by atoms with E-state index in [2.05, 4.69) is 20.5 Å². The summed E-state index contributed by atoms with van der Waals surface area (Å²) in [5, 5.41) is 8.86. The van der Waals surface area contributed by atoms with Crippen molar-refractivity contribution in [1.82, 2.24) is 15.2 Å². The minimum atomic E-state index is -0.0832. The monoisotopic (exact) mass is 196 g/mol.